The Morgan fingerprint density at radius 2 is 1.43 bits per heavy atom. The van der Waals surface area contributed by atoms with Gasteiger partial charge in [-0.05, 0) is 66.1 Å². The number of hydrogen-bond donors (Lipinski definition) is 0. The van der Waals surface area contributed by atoms with Crippen LogP contribution in [0.2, 0.25) is 0 Å². The van der Waals surface area contributed by atoms with E-state index in [0.29, 0.717) is 0 Å². The van der Waals surface area contributed by atoms with Gasteiger partial charge in [-0.25, -0.2) is 0 Å². The first kappa shape index (κ1) is 16.8. The highest BCUT2D eigenvalue weighted by atomic mass is 16.1. The molecule has 0 unspecified atom stereocenters. The average molecular weight is 363 g/mol. The largest absolute Gasteiger partial charge is 0.341 e. The monoisotopic (exact) mass is 363 g/mol. The number of Topliss-reactive ketones (excluding diaryl/α,β-unsaturated/α-hetero) is 1. The molecular weight excluding hydrogens is 342 g/mol. The third-order valence-electron chi connectivity index (χ3n) is 5.67. The first-order valence-corrected chi connectivity index (χ1v) is 9.72. The van der Waals surface area contributed by atoms with E-state index < -0.39 is 0 Å². The zero-order chi connectivity index (χ0) is 19.3. The average Bonchev–Trinajstić information content (AvgIpc) is 3.06. The molecule has 1 heterocycles. The second kappa shape index (κ2) is 6.35. The van der Waals surface area contributed by atoms with Crippen molar-refractivity contribution in [3.63, 3.8) is 0 Å². The van der Waals surface area contributed by atoms with Gasteiger partial charge in [0.25, 0.3) is 0 Å². The van der Waals surface area contributed by atoms with Gasteiger partial charge in [0.2, 0.25) is 0 Å². The van der Waals surface area contributed by atoms with Crippen molar-refractivity contribution in [3.8, 4) is 11.1 Å². The van der Waals surface area contributed by atoms with E-state index >= 15 is 0 Å². The molecule has 1 aromatic heterocycles. The zero-order valence-corrected chi connectivity index (χ0v) is 16.1. The normalized spacial score (nSPS) is 11.5. The van der Waals surface area contributed by atoms with Crippen LogP contribution in [-0.4, -0.2) is 10.4 Å². The van der Waals surface area contributed by atoms with Crippen LogP contribution in [0.3, 0.4) is 0 Å². The maximum Gasteiger partial charge on any atom is 0.159 e. The Balaban J connectivity index is 1.69. The molecule has 0 aliphatic heterocycles. The lowest BCUT2D eigenvalue weighted by molar-refractivity contribution is 0.101. The topological polar surface area (TPSA) is 22.0 Å². The molecule has 0 atom stereocenters. The van der Waals surface area contributed by atoms with Crippen LogP contribution >= 0.6 is 0 Å². The number of ketones is 1. The summed E-state index contributed by atoms with van der Waals surface area (Å²) < 4.78 is 2.37. The number of nitrogens with zero attached hydrogens (tertiary/aromatic N) is 1. The fourth-order valence-corrected chi connectivity index (χ4v) is 4.22. The summed E-state index contributed by atoms with van der Waals surface area (Å²) in [5, 5.41) is 4.84. The molecule has 0 fully saturated rings. The van der Waals surface area contributed by atoms with E-state index in [-0.39, 0.29) is 5.78 Å². The molecule has 0 aliphatic rings. The lowest BCUT2D eigenvalue weighted by Gasteiger charge is -2.07. The Labute approximate surface area is 164 Å². The highest BCUT2D eigenvalue weighted by Crippen LogP contribution is 2.33. The number of aromatic nitrogens is 1. The predicted molar refractivity (Wildman–Crippen MR) is 118 cm³/mol. The van der Waals surface area contributed by atoms with E-state index in [1.807, 2.05) is 18.2 Å². The van der Waals surface area contributed by atoms with Crippen LogP contribution in [0.15, 0.2) is 78.9 Å². The van der Waals surface area contributed by atoms with Crippen molar-refractivity contribution < 1.29 is 4.79 Å². The minimum Gasteiger partial charge on any atom is -0.341 e. The molecule has 0 N–H and O–H groups in total. The SMILES string of the molecule is CCn1c2ccccc2c2cc(-c3ccc4cc(C(C)=O)ccc4c3)ccc21. The van der Waals surface area contributed by atoms with E-state index in [4.69, 9.17) is 0 Å². The van der Waals surface area contributed by atoms with Crippen LogP contribution in [0.4, 0.5) is 0 Å². The summed E-state index contributed by atoms with van der Waals surface area (Å²) >= 11 is 0. The van der Waals surface area contributed by atoms with Crippen LogP contribution in [0.1, 0.15) is 24.2 Å². The smallest absolute Gasteiger partial charge is 0.159 e. The molecular formula is C26H21NO. The molecule has 0 bridgehead atoms. The van der Waals surface area contributed by atoms with Gasteiger partial charge in [-0.2, -0.15) is 0 Å². The Morgan fingerprint density at radius 3 is 2.25 bits per heavy atom. The fraction of sp³-hybridized carbons (Fsp3) is 0.115. The first-order valence-electron chi connectivity index (χ1n) is 9.72. The Kier molecular flexibility index (Phi) is 3.80. The van der Waals surface area contributed by atoms with Crippen LogP contribution in [-0.2, 0) is 6.54 Å². The predicted octanol–water partition coefficient (Wildman–Crippen LogP) is 6.84. The lowest BCUT2D eigenvalue weighted by Crippen LogP contribution is -1.92. The van der Waals surface area contributed by atoms with Crippen molar-refractivity contribution in [3.05, 3.63) is 84.4 Å². The van der Waals surface area contributed by atoms with Gasteiger partial charge < -0.3 is 4.57 Å². The second-order valence-electron chi connectivity index (χ2n) is 7.33. The summed E-state index contributed by atoms with van der Waals surface area (Å²) in [6.45, 7) is 4.76. The minimum atomic E-state index is 0.101. The molecule has 2 heteroatoms. The van der Waals surface area contributed by atoms with Gasteiger partial charge in [-0.3, -0.25) is 4.79 Å². The number of carbonyl (C=O) groups excluding carboxylic acids is 1. The van der Waals surface area contributed by atoms with Crippen molar-refractivity contribution in [2.75, 3.05) is 0 Å². The van der Waals surface area contributed by atoms with Gasteiger partial charge in [0.1, 0.15) is 0 Å². The summed E-state index contributed by atoms with van der Waals surface area (Å²) in [5.74, 6) is 0.101. The first-order chi connectivity index (χ1) is 13.7. The van der Waals surface area contributed by atoms with E-state index in [1.165, 1.54) is 32.9 Å². The van der Waals surface area contributed by atoms with Crippen molar-refractivity contribution in [1.82, 2.24) is 4.57 Å². The molecule has 0 spiro atoms. The highest BCUT2D eigenvalue weighted by Gasteiger charge is 2.11. The number of fused-ring (bicyclic) bond motifs is 4. The summed E-state index contributed by atoms with van der Waals surface area (Å²) in [7, 11) is 0. The number of para-hydroxylation sites is 1. The molecule has 0 amide bonds. The Bertz CT molecular complexity index is 1370. The van der Waals surface area contributed by atoms with E-state index in [9.17, 15) is 4.79 Å². The number of aryl methyl sites for hydroxylation is 1. The summed E-state index contributed by atoms with van der Waals surface area (Å²) in [4.78, 5) is 11.6. The molecule has 5 aromatic rings. The third-order valence-corrected chi connectivity index (χ3v) is 5.67. The van der Waals surface area contributed by atoms with Crippen LogP contribution in [0.25, 0.3) is 43.7 Å². The molecule has 0 aliphatic carbocycles. The van der Waals surface area contributed by atoms with E-state index in [2.05, 4.69) is 72.2 Å². The van der Waals surface area contributed by atoms with Crippen molar-refractivity contribution in [1.29, 1.82) is 0 Å². The van der Waals surface area contributed by atoms with Crippen molar-refractivity contribution >= 4 is 38.4 Å². The van der Waals surface area contributed by atoms with E-state index in [0.717, 1.165) is 22.9 Å². The summed E-state index contributed by atoms with van der Waals surface area (Å²) in [6.07, 6.45) is 0. The van der Waals surface area contributed by atoms with E-state index in [1.54, 1.807) is 6.92 Å². The maximum atomic E-state index is 11.6. The van der Waals surface area contributed by atoms with Gasteiger partial charge in [0, 0.05) is 33.9 Å². The number of hydrogen-bond acceptors (Lipinski definition) is 1. The highest BCUT2D eigenvalue weighted by molar-refractivity contribution is 6.09. The van der Waals surface area contributed by atoms with Crippen LogP contribution in [0.5, 0.6) is 0 Å². The van der Waals surface area contributed by atoms with Gasteiger partial charge >= 0.3 is 0 Å². The molecule has 2 nitrogen and oxygen atoms in total. The number of carbonyl (C=O) groups is 1. The molecule has 0 saturated carbocycles. The van der Waals surface area contributed by atoms with Crippen LogP contribution in [0, 0.1) is 0 Å². The van der Waals surface area contributed by atoms with Crippen molar-refractivity contribution in [2.45, 2.75) is 20.4 Å². The summed E-state index contributed by atoms with van der Waals surface area (Å²) in [6, 6.07) is 27.7. The van der Waals surface area contributed by atoms with Gasteiger partial charge in [-0.15, -0.1) is 0 Å². The number of benzene rings is 4. The zero-order valence-electron chi connectivity index (χ0n) is 16.1. The fourth-order valence-electron chi connectivity index (χ4n) is 4.22. The molecule has 136 valence electrons. The van der Waals surface area contributed by atoms with Gasteiger partial charge in [-0.1, -0.05) is 48.5 Å². The van der Waals surface area contributed by atoms with Crippen molar-refractivity contribution in [2.24, 2.45) is 0 Å². The Morgan fingerprint density at radius 1 is 0.750 bits per heavy atom. The molecule has 28 heavy (non-hydrogen) atoms. The standard InChI is InChI=1S/C26H21NO/c1-3-27-25-7-5-4-6-23(25)24-16-22(12-13-26(24)27)21-11-10-19-14-18(17(2)28)8-9-20(19)15-21/h4-16H,3H2,1-2H3. The molecule has 4 aromatic carbocycles. The molecule has 5 rings (SSSR count). The third kappa shape index (κ3) is 2.53. The second-order valence-corrected chi connectivity index (χ2v) is 7.33. The van der Waals surface area contributed by atoms with Gasteiger partial charge in [0.15, 0.2) is 5.78 Å². The minimum absolute atomic E-state index is 0.101. The van der Waals surface area contributed by atoms with Crippen LogP contribution < -0.4 is 0 Å². The Hall–Kier alpha value is -3.39. The molecule has 0 radical (unpaired) electrons. The quantitative estimate of drug-likeness (QED) is 0.322. The summed E-state index contributed by atoms with van der Waals surface area (Å²) in [5.41, 5.74) is 5.73. The lowest BCUT2D eigenvalue weighted by atomic mass is 9.98. The van der Waals surface area contributed by atoms with Gasteiger partial charge in [0.05, 0.1) is 0 Å². The molecule has 0 saturated heterocycles. The number of rotatable bonds is 3. The maximum absolute atomic E-state index is 11.6.